The predicted octanol–water partition coefficient (Wildman–Crippen LogP) is 3.45. The zero-order valence-electron chi connectivity index (χ0n) is 10.6. The summed E-state index contributed by atoms with van der Waals surface area (Å²) in [6.07, 6.45) is 3.76. The minimum absolute atomic E-state index is 0.741. The normalized spacial score (nSPS) is 21.5. The van der Waals surface area contributed by atoms with Gasteiger partial charge in [0.2, 0.25) is 0 Å². The van der Waals surface area contributed by atoms with Crippen LogP contribution in [-0.2, 0) is 6.42 Å². The highest BCUT2D eigenvalue weighted by atomic mass is 15.1. The van der Waals surface area contributed by atoms with Crippen LogP contribution in [-0.4, -0.2) is 24.5 Å². The van der Waals surface area contributed by atoms with Crippen LogP contribution in [0.25, 0.3) is 0 Å². The van der Waals surface area contributed by atoms with Crippen LogP contribution in [0.1, 0.15) is 43.7 Å². The van der Waals surface area contributed by atoms with Gasteiger partial charge in [-0.15, -0.1) is 0 Å². The Morgan fingerprint density at radius 3 is 2.81 bits per heavy atom. The molecule has 1 aliphatic heterocycles. The number of hydrogen-bond donors (Lipinski definition) is 0. The molecule has 0 fully saturated rings. The van der Waals surface area contributed by atoms with Crippen molar-refractivity contribution in [1.82, 2.24) is 4.90 Å². The SMILES string of the molecule is CCCN1CCc2ccccc2C(CC)C1. The van der Waals surface area contributed by atoms with Gasteiger partial charge in [-0.2, -0.15) is 0 Å². The van der Waals surface area contributed by atoms with Gasteiger partial charge < -0.3 is 4.90 Å². The smallest absolute Gasteiger partial charge is 0.00504 e. The zero-order valence-corrected chi connectivity index (χ0v) is 10.6. The Hall–Kier alpha value is -0.820. The maximum absolute atomic E-state index is 2.63. The summed E-state index contributed by atoms with van der Waals surface area (Å²) in [7, 11) is 0. The molecule has 1 heteroatoms. The molecule has 0 saturated heterocycles. The van der Waals surface area contributed by atoms with Crippen LogP contribution in [0.2, 0.25) is 0 Å². The van der Waals surface area contributed by atoms with E-state index in [0.717, 1.165) is 5.92 Å². The third-order valence-corrected chi connectivity index (χ3v) is 3.70. The fourth-order valence-corrected chi connectivity index (χ4v) is 2.81. The minimum Gasteiger partial charge on any atom is -0.302 e. The summed E-state index contributed by atoms with van der Waals surface area (Å²) >= 11 is 0. The van der Waals surface area contributed by atoms with Crippen molar-refractivity contribution < 1.29 is 0 Å². The van der Waals surface area contributed by atoms with E-state index in [1.807, 2.05) is 0 Å². The van der Waals surface area contributed by atoms with Gasteiger partial charge in [0.15, 0.2) is 0 Å². The van der Waals surface area contributed by atoms with Crippen LogP contribution in [0.15, 0.2) is 24.3 Å². The van der Waals surface area contributed by atoms with Gasteiger partial charge >= 0.3 is 0 Å². The molecule has 0 spiro atoms. The fraction of sp³-hybridized carbons (Fsp3) is 0.600. The van der Waals surface area contributed by atoms with Gasteiger partial charge in [0.25, 0.3) is 0 Å². The molecule has 1 heterocycles. The van der Waals surface area contributed by atoms with E-state index < -0.39 is 0 Å². The Morgan fingerprint density at radius 1 is 1.25 bits per heavy atom. The van der Waals surface area contributed by atoms with Gasteiger partial charge in [-0.05, 0) is 42.9 Å². The molecule has 1 atom stereocenters. The van der Waals surface area contributed by atoms with Gasteiger partial charge in [-0.25, -0.2) is 0 Å². The van der Waals surface area contributed by atoms with Crippen molar-refractivity contribution >= 4 is 0 Å². The van der Waals surface area contributed by atoms with Crippen molar-refractivity contribution in [3.05, 3.63) is 35.4 Å². The van der Waals surface area contributed by atoms with Gasteiger partial charge in [-0.3, -0.25) is 0 Å². The minimum atomic E-state index is 0.741. The number of benzene rings is 1. The molecular weight excluding hydrogens is 194 g/mol. The van der Waals surface area contributed by atoms with Crippen molar-refractivity contribution in [2.24, 2.45) is 0 Å². The van der Waals surface area contributed by atoms with E-state index in [9.17, 15) is 0 Å². The summed E-state index contributed by atoms with van der Waals surface area (Å²) in [4.78, 5) is 2.63. The zero-order chi connectivity index (χ0) is 11.4. The maximum atomic E-state index is 2.63. The van der Waals surface area contributed by atoms with Gasteiger partial charge in [-0.1, -0.05) is 38.1 Å². The van der Waals surface area contributed by atoms with Crippen LogP contribution in [0, 0.1) is 0 Å². The third-order valence-electron chi connectivity index (χ3n) is 3.70. The first-order chi connectivity index (χ1) is 7.85. The lowest BCUT2D eigenvalue weighted by molar-refractivity contribution is 0.266. The van der Waals surface area contributed by atoms with E-state index >= 15 is 0 Å². The average Bonchev–Trinajstić information content (AvgIpc) is 2.50. The van der Waals surface area contributed by atoms with Crippen LogP contribution < -0.4 is 0 Å². The molecule has 1 aliphatic rings. The monoisotopic (exact) mass is 217 g/mol. The highest BCUT2D eigenvalue weighted by Gasteiger charge is 2.20. The molecule has 0 aromatic heterocycles. The van der Waals surface area contributed by atoms with Gasteiger partial charge in [0.1, 0.15) is 0 Å². The van der Waals surface area contributed by atoms with Crippen LogP contribution in [0.4, 0.5) is 0 Å². The first kappa shape index (κ1) is 11.7. The number of rotatable bonds is 3. The van der Waals surface area contributed by atoms with Crippen LogP contribution in [0.5, 0.6) is 0 Å². The summed E-state index contributed by atoms with van der Waals surface area (Å²) in [5.41, 5.74) is 3.18. The Morgan fingerprint density at radius 2 is 2.06 bits per heavy atom. The van der Waals surface area contributed by atoms with E-state index in [4.69, 9.17) is 0 Å². The molecule has 0 bridgehead atoms. The molecule has 1 unspecified atom stereocenters. The Kier molecular flexibility index (Phi) is 4.00. The molecule has 0 saturated carbocycles. The summed E-state index contributed by atoms with van der Waals surface area (Å²) in [6, 6.07) is 9.02. The average molecular weight is 217 g/mol. The summed E-state index contributed by atoms with van der Waals surface area (Å²) < 4.78 is 0. The lowest BCUT2D eigenvalue weighted by Crippen LogP contribution is -2.29. The molecule has 0 aliphatic carbocycles. The standard InChI is InChI=1S/C15H23N/c1-3-10-16-11-9-14-7-5-6-8-15(14)13(4-2)12-16/h5-8,13H,3-4,9-12H2,1-2H3. The number of nitrogens with zero attached hydrogens (tertiary/aromatic N) is 1. The molecule has 88 valence electrons. The number of hydrogen-bond acceptors (Lipinski definition) is 1. The summed E-state index contributed by atoms with van der Waals surface area (Å²) in [6.45, 7) is 8.34. The molecule has 2 rings (SSSR count). The third kappa shape index (κ3) is 2.46. The topological polar surface area (TPSA) is 3.24 Å². The Labute approximate surface area is 99.5 Å². The van der Waals surface area contributed by atoms with Crippen LogP contribution in [0.3, 0.4) is 0 Å². The van der Waals surface area contributed by atoms with E-state index in [1.54, 1.807) is 11.1 Å². The highest BCUT2D eigenvalue weighted by Crippen LogP contribution is 2.27. The molecule has 0 radical (unpaired) electrons. The second-order valence-electron chi connectivity index (χ2n) is 4.85. The van der Waals surface area contributed by atoms with E-state index in [2.05, 4.69) is 43.0 Å². The van der Waals surface area contributed by atoms with E-state index in [1.165, 1.54) is 38.9 Å². The molecule has 0 N–H and O–H groups in total. The van der Waals surface area contributed by atoms with Crippen molar-refractivity contribution in [1.29, 1.82) is 0 Å². The Balaban J connectivity index is 2.20. The molecule has 1 aromatic rings. The lowest BCUT2D eigenvalue weighted by Gasteiger charge is -2.23. The molecular formula is C15H23N. The first-order valence-corrected chi connectivity index (χ1v) is 6.65. The first-order valence-electron chi connectivity index (χ1n) is 6.65. The maximum Gasteiger partial charge on any atom is 0.00504 e. The molecule has 16 heavy (non-hydrogen) atoms. The van der Waals surface area contributed by atoms with Crippen molar-refractivity contribution in [2.45, 2.75) is 39.0 Å². The van der Waals surface area contributed by atoms with Crippen molar-refractivity contribution in [3.8, 4) is 0 Å². The quantitative estimate of drug-likeness (QED) is 0.749. The van der Waals surface area contributed by atoms with Crippen LogP contribution >= 0.6 is 0 Å². The van der Waals surface area contributed by atoms with E-state index in [-0.39, 0.29) is 0 Å². The second-order valence-corrected chi connectivity index (χ2v) is 4.85. The number of fused-ring (bicyclic) bond motifs is 1. The van der Waals surface area contributed by atoms with Crippen molar-refractivity contribution in [2.75, 3.05) is 19.6 Å². The van der Waals surface area contributed by atoms with Crippen molar-refractivity contribution in [3.63, 3.8) is 0 Å². The predicted molar refractivity (Wildman–Crippen MR) is 69.9 cm³/mol. The summed E-state index contributed by atoms with van der Waals surface area (Å²) in [5, 5.41) is 0. The van der Waals surface area contributed by atoms with E-state index in [0.29, 0.717) is 0 Å². The Bertz CT molecular complexity index is 332. The summed E-state index contributed by atoms with van der Waals surface area (Å²) in [5.74, 6) is 0.741. The molecule has 0 amide bonds. The highest BCUT2D eigenvalue weighted by molar-refractivity contribution is 5.32. The molecule has 1 nitrogen and oxygen atoms in total. The fourth-order valence-electron chi connectivity index (χ4n) is 2.81. The largest absolute Gasteiger partial charge is 0.302 e. The second kappa shape index (κ2) is 5.49. The van der Waals surface area contributed by atoms with Gasteiger partial charge in [0.05, 0.1) is 0 Å². The van der Waals surface area contributed by atoms with Gasteiger partial charge in [0, 0.05) is 13.1 Å². The molecule has 1 aromatic carbocycles. The lowest BCUT2D eigenvalue weighted by atomic mass is 9.92.